The minimum Gasteiger partial charge on any atom is -0.444 e. The van der Waals surface area contributed by atoms with Crippen molar-refractivity contribution in [2.75, 3.05) is 20.6 Å². The highest BCUT2D eigenvalue weighted by atomic mass is 16.6. The van der Waals surface area contributed by atoms with Crippen molar-refractivity contribution < 1.29 is 14.3 Å². The topological polar surface area (TPSA) is 49.9 Å². The summed E-state index contributed by atoms with van der Waals surface area (Å²) in [5.74, 6) is -0.104. The van der Waals surface area contributed by atoms with Gasteiger partial charge in [-0.15, -0.1) is 0 Å². The van der Waals surface area contributed by atoms with E-state index in [-0.39, 0.29) is 5.91 Å². The van der Waals surface area contributed by atoms with Crippen LogP contribution >= 0.6 is 0 Å². The predicted molar refractivity (Wildman–Crippen MR) is 133 cm³/mol. The standard InChI is InChI=1S/C28H34N2O3/c1-28(2,3)33-27(32)30(5)25(20-22-15-16-23-13-9-10-14-24(23)19-22)26(31)29(4)18-17-21-11-7-6-8-12-21/h6-16,19,25H,17-18,20H2,1-5H3/t25-/m1/s1. The average molecular weight is 447 g/mol. The average Bonchev–Trinajstić information content (AvgIpc) is 2.79. The van der Waals surface area contributed by atoms with Gasteiger partial charge in [-0.1, -0.05) is 72.8 Å². The number of benzene rings is 3. The third-order valence-electron chi connectivity index (χ3n) is 5.63. The highest BCUT2D eigenvalue weighted by molar-refractivity contribution is 5.87. The van der Waals surface area contributed by atoms with Crippen LogP contribution in [0, 0.1) is 0 Å². The second kappa shape index (κ2) is 10.5. The second-order valence-corrected chi connectivity index (χ2v) is 9.49. The van der Waals surface area contributed by atoms with Gasteiger partial charge in [0.1, 0.15) is 11.6 Å². The number of rotatable bonds is 7. The van der Waals surface area contributed by atoms with Crippen LogP contribution in [-0.2, 0) is 22.4 Å². The first kappa shape index (κ1) is 24.3. The van der Waals surface area contributed by atoms with Crippen LogP contribution in [0.15, 0.2) is 72.8 Å². The Kier molecular flexibility index (Phi) is 7.75. The monoisotopic (exact) mass is 446 g/mol. The number of amides is 2. The van der Waals surface area contributed by atoms with Gasteiger partial charge in [-0.3, -0.25) is 9.69 Å². The van der Waals surface area contributed by atoms with E-state index in [0.29, 0.717) is 13.0 Å². The van der Waals surface area contributed by atoms with E-state index in [1.165, 1.54) is 10.5 Å². The van der Waals surface area contributed by atoms with Gasteiger partial charge >= 0.3 is 6.09 Å². The lowest BCUT2D eigenvalue weighted by Crippen LogP contribution is -2.51. The maximum atomic E-state index is 13.5. The van der Waals surface area contributed by atoms with E-state index in [4.69, 9.17) is 4.74 Å². The summed E-state index contributed by atoms with van der Waals surface area (Å²) in [4.78, 5) is 29.5. The lowest BCUT2D eigenvalue weighted by molar-refractivity contribution is -0.135. The molecule has 0 fully saturated rings. The summed E-state index contributed by atoms with van der Waals surface area (Å²) in [6.45, 7) is 6.04. The minimum absolute atomic E-state index is 0.104. The van der Waals surface area contributed by atoms with E-state index in [1.807, 2.05) is 57.2 Å². The lowest BCUT2D eigenvalue weighted by atomic mass is 10.00. The largest absolute Gasteiger partial charge is 0.444 e. The quantitative estimate of drug-likeness (QED) is 0.494. The molecule has 0 aromatic heterocycles. The fourth-order valence-corrected chi connectivity index (χ4v) is 3.75. The number of likely N-dealkylation sites (N-methyl/N-ethyl adjacent to an activating group) is 2. The zero-order chi connectivity index (χ0) is 24.0. The van der Waals surface area contributed by atoms with Gasteiger partial charge in [-0.2, -0.15) is 0 Å². The van der Waals surface area contributed by atoms with Crippen molar-refractivity contribution >= 4 is 22.8 Å². The maximum Gasteiger partial charge on any atom is 0.410 e. The third kappa shape index (κ3) is 6.82. The summed E-state index contributed by atoms with van der Waals surface area (Å²) in [5.41, 5.74) is 1.53. The van der Waals surface area contributed by atoms with E-state index in [1.54, 1.807) is 19.0 Å². The Morgan fingerprint density at radius 1 is 0.848 bits per heavy atom. The second-order valence-electron chi connectivity index (χ2n) is 9.49. The minimum atomic E-state index is -0.665. The molecule has 0 aliphatic rings. The van der Waals surface area contributed by atoms with E-state index in [0.717, 1.165) is 22.8 Å². The smallest absolute Gasteiger partial charge is 0.410 e. The van der Waals surface area contributed by atoms with Crippen molar-refractivity contribution in [1.29, 1.82) is 0 Å². The molecule has 1 atom stereocenters. The Morgan fingerprint density at radius 2 is 1.48 bits per heavy atom. The van der Waals surface area contributed by atoms with Crippen LogP contribution < -0.4 is 0 Å². The molecule has 5 nitrogen and oxygen atoms in total. The number of hydrogen-bond donors (Lipinski definition) is 0. The summed E-state index contributed by atoms with van der Waals surface area (Å²) < 4.78 is 5.56. The molecule has 0 unspecified atom stereocenters. The maximum absolute atomic E-state index is 13.5. The number of nitrogens with zero attached hydrogens (tertiary/aromatic N) is 2. The molecular weight excluding hydrogens is 412 g/mol. The zero-order valence-corrected chi connectivity index (χ0v) is 20.2. The normalized spacial score (nSPS) is 12.3. The molecule has 0 saturated heterocycles. The summed E-state index contributed by atoms with van der Waals surface area (Å²) in [6.07, 6.45) is 0.662. The van der Waals surface area contributed by atoms with Crippen LogP contribution in [0.2, 0.25) is 0 Å². The first-order valence-electron chi connectivity index (χ1n) is 11.4. The van der Waals surface area contributed by atoms with Gasteiger partial charge in [0.2, 0.25) is 5.91 Å². The number of hydrogen-bond acceptors (Lipinski definition) is 3. The molecule has 0 aliphatic heterocycles. The van der Waals surface area contributed by atoms with Crippen LogP contribution in [0.1, 0.15) is 31.9 Å². The summed E-state index contributed by atoms with van der Waals surface area (Å²) in [5, 5.41) is 2.25. The summed E-state index contributed by atoms with van der Waals surface area (Å²) >= 11 is 0. The first-order valence-corrected chi connectivity index (χ1v) is 11.4. The molecule has 0 bridgehead atoms. The van der Waals surface area contributed by atoms with Gasteiger partial charge in [0.05, 0.1) is 0 Å². The van der Waals surface area contributed by atoms with Crippen LogP contribution in [0.3, 0.4) is 0 Å². The molecule has 5 heteroatoms. The van der Waals surface area contributed by atoms with Crippen molar-refractivity contribution in [3.05, 3.63) is 83.9 Å². The molecule has 2 amide bonds. The molecule has 3 rings (SSSR count). The molecule has 33 heavy (non-hydrogen) atoms. The molecule has 0 heterocycles. The molecule has 3 aromatic carbocycles. The number of carbonyl (C=O) groups is 2. The van der Waals surface area contributed by atoms with Gasteiger partial charge in [0.25, 0.3) is 0 Å². The Morgan fingerprint density at radius 3 is 2.15 bits per heavy atom. The van der Waals surface area contributed by atoms with E-state index < -0.39 is 17.7 Å². The van der Waals surface area contributed by atoms with Gasteiger partial charge in [-0.25, -0.2) is 4.79 Å². The molecular formula is C28H34N2O3. The van der Waals surface area contributed by atoms with Gasteiger partial charge < -0.3 is 9.64 Å². The van der Waals surface area contributed by atoms with Gasteiger partial charge in [0, 0.05) is 27.1 Å². The van der Waals surface area contributed by atoms with Crippen molar-refractivity contribution in [3.8, 4) is 0 Å². The zero-order valence-electron chi connectivity index (χ0n) is 20.2. The Hall–Kier alpha value is -3.34. The molecule has 0 N–H and O–H groups in total. The fraction of sp³-hybridized carbons (Fsp3) is 0.357. The number of fused-ring (bicyclic) bond motifs is 1. The van der Waals surface area contributed by atoms with Crippen LogP contribution in [0.25, 0.3) is 10.8 Å². The summed E-state index contributed by atoms with van der Waals surface area (Å²) in [6, 6.07) is 23.7. The molecule has 0 radical (unpaired) electrons. The number of carbonyl (C=O) groups excluding carboxylic acids is 2. The highest BCUT2D eigenvalue weighted by Gasteiger charge is 2.32. The van der Waals surface area contributed by atoms with Crippen LogP contribution in [-0.4, -0.2) is 54.1 Å². The van der Waals surface area contributed by atoms with Crippen molar-refractivity contribution in [1.82, 2.24) is 9.80 Å². The van der Waals surface area contributed by atoms with E-state index in [9.17, 15) is 9.59 Å². The predicted octanol–water partition coefficient (Wildman–Crippen LogP) is 5.32. The van der Waals surface area contributed by atoms with Gasteiger partial charge in [-0.05, 0) is 49.1 Å². The van der Waals surface area contributed by atoms with Crippen molar-refractivity contribution in [2.24, 2.45) is 0 Å². The van der Waals surface area contributed by atoms with Crippen LogP contribution in [0.4, 0.5) is 4.79 Å². The van der Waals surface area contributed by atoms with Gasteiger partial charge in [0.15, 0.2) is 0 Å². The highest BCUT2D eigenvalue weighted by Crippen LogP contribution is 2.20. The molecule has 0 saturated carbocycles. The van der Waals surface area contributed by atoms with Crippen molar-refractivity contribution in [3.63, 3.8) is 0 Å². The fourth-order valence-electron chi connectivity index (χ4n) is 3.75. The Bertz CT molecular complexity index is 1090. The lowest BCUT2D eigenvalue weighted by Gasteiger charge is -2.32. The summed E-state index contributed by atoms with van der Waals surface area (Å²) in [7, 11) is 3.43. The van der Waals surface area contributed by atoms with E-state index >= 15 is 0 Å². The third-order valence-corrected chi connectivity index (χ3v) is 5.63. The Labute approximate surface area is 197 Å². The molecule has 0 aliphatic carbocycles. The van der Waals surface area contributed by atoms with Crippen molar-refractivity contribution in [2.45, 2.75) is 45.3 Å². The first-order chi connectivity index (χ1) is 15.6. The van der Waals surface area contributed by atoms with Crippen LogP contribution in [0.5, 0.6) is 0 Å². The molecule has 3 aromatic rings. The molecule has 0 spiro atoms. The Balaban J connectivity index is 1.81. The SMILES string of the molecule is CN(CCc1ccccc1)C(=O)[C@@H](Cc1ccc2ccccc2c1)N(C)C(=O)OC(C)(C)C. The van der Waals surface area contributed by atoms with E-state index in [2.05, 4.69) is 36.4 Å². The molecule has 174 valence electrons. The number of ether oxygens (including phenoxy) is 1.